The zero-order valence-corrected chi connectivity index (χ0v) is 14.4. The van der Waals surface area contributed by atoms with Crippen molar-refractivity contribution in [3.05, 3.63) is 78.0 Å². The molecule has 0 aliphatic carbocycles. The molecule has 0 radical (unpaired) electrons. The number of nitrogens with one attached hydrogen (secondary N) is 1. The van der Waals surface area contributed by atoms with E-state index in [0.29, 0.717) is 16.9 Å². The van der Waals surface area contributed by atoms with Crippen molar-refractivity contribution in [1.82, 2.24) is 19.6 Å². The van der Waals surface area contributed by atoms with Crippen LogP contribution in [0.25, 0.3) is 16.9 Å². The van der Waals surface area contributed by atoms with Crippen LogP contribution in [0, 0.1) is 12.7 Å². The van der Waals surface area contributed by atoms with E-state index in [1.54, 1.807) is 16.9 Å². The van der Waals surface area contributed by atoms with Crippen LogP contribution >= 0.6 is 0 Å². The lowest BCUT2D eigenvalue weighted by atomic mass is 10.1. The summed E-state index contributed by atoms with van der Waals surface area (Å²) in [6, 6.07) is 13.6. The smallest absolute Gasteiger partial charge is 0.157 e. The van der Waals surface area contributed by atoms with E-state index in [1.165, 1.54) is 23.4 Å². The SMILES string of the molecule is Cc1ccc(CCNc2cc(-c3cncc(F)c3)nc3ccnn23)cc1. The second-order valence-corrected chi connectivity index (χ2v) is 6.18. The highest BCUT2D eigenvalue weighted by molar-refractivity contribution is 5.65. The lowest BCUT2D eigenvalue weighted by molar-refractivity contribution is 0.622. The largest absolute Gasteiger partial charge is 0.370 e. The second-order valence-electron chi connectivity index (χ2n) is 6.18. The van der Waals surface area contributed by atoms with Crippen LogP contribution < -0.4 is 5.32 Å². The first-order chi connectivity index (χ1) is 12.7. The van der Waals surface area contributed by atoms with Crippen molar-refractivity contribution in [3.8, 4) is 11.3 Å². The maximum atomic E-state index is 13.5. The van der Waals surface area contributed by atoms with Gasteiger partial charge in [0.15, 0.2) is 5.65 Å². The third kappa shape index (κ3) is 3.39. The lowest BCUT2D eigenvalue weighted by Crippen LogP contribution is -2.10. The number of rotatable bonds is 5. The fourth-order valence-corrected chi connectivity index (χ4v) is 2.83. The van der Waals surface area contributed by atoms with Crippen molar-refractivity contribution >= 4 is 11.5 Å². The number of anilines is 1. The minimum Gasteiger partial charge on any atom is -0.370 e. The molecule has 0 aliphatic rings. The number of aryl methyl sites for hydroxylation is 1. The fraction of sp³-hybridized carbons (Fsp3) is 0.150. The number of pyridine rings is 1. The molecule has 5 nitrogen and oxygen atoms in total. The number of hydrogen-bond acceptors (Lipinski definition) is 4. The van der Waals surface area contributed by atoms with Crippen molar-refractivity contribution in [2.45, 2.75) is 13.3 Å². The molecule has 0 amide bonds. The number of halogens is 1. The van der Waals surface area contributed by atoms with Gasteiger partial charge in [0.2, 0.25) is 0 Å². The van der Waals surface area contributed by atoms with E-state index in [2.05, 4.69) is 51.6 Å². The molecule has 3 aromatic heterocycles. The Bertz CT molecular complexity index is 1040. The molecule has 1 aromatic carbocycles. The molecule has 4 rings (SSSR count). The maximum Gasteiger partial charge on any atom is 0.157 e. The van der Waals surface area contributed by atoms with Crippen molar-refractivity contribution in [2.24, 2.45) is 0 Å². The number of aromatic nitrogens is 4. The summed E-state index contributed by atoms with van der Waals surface area (Å²) >= 11 is 0. The average Bonchev–Trinajstić information content (AvgIpc) is 3.12. The minimum atomic E-state index is -0.383. The van der Waals surface area contributed by atoms with Gasteiger partial charge in [-0.2, -0.15) is 9.61 Å². The fourth-order valence-electron chi connectivity index (χ4n) is 2.83. The Morgan fingerprint density at radius 2 is 1.92 bits per heavy atom. The van der Waals surface area contributed by atoms with Gasteiger partial charge in [-0.25, -0.2) is 9.37 Å². The minimum absolute atomic E-state index is 0.383. The predicted molar refractivity (Wildman–Crippen MR) is 99.5 cm³/mol. The number of fused-ring (bicyclic) bond motifs is 1. The highest BCUT2D eigenvalue weighted by atomic mass is 19.1. The molecule has 0 saturated carbocycles. The van der Waals surface area contributed by atoms with Gasteiger partial charge in [-0.3, -0.25) is 4.98 Å². The normalized spacial score (nSPS) is 11.0. The van der Waals surface area contributed by atoms with E-state index in [9.17, 15) is 4.39 Å². The summed E-state index contributed by atoms with van der Waals surface area (Å²) in [6.45, 7) is 2.83. The molecule has 1 N–H and O–H groups in total. The second kappa shape index (κ2) is 6.92. The van der Waals surface area contributed by atoms with Crippen LogP contribution in [-0.4, -0.2) is 26.1 Å². The van der Waals surface area contributed by atoms with E-state index in [4.69, 9.17) is 0 Å². The van der Waals surface area contributed by atoms with Crippen molar-refractivity contribution in [1.29, 1.82) is 0 Å². The van der Waals surface area contributed by atoms with Crippen LogP contribution in [0.15, 0.2) is 61.1 Å². The Balaban J connectivity index is 1.59. The summed E-state index contributed by atoms with van der Waals surface area (Å²) in [7, 11) is 0. The van der Waals surface area contributed by atoms with Gasteiger partial charge >= 0.3 is 0 Å². The molecule has 0 atom stereocenters. The first-order valence-corrected chi connectivity index (χ1v) is 8.44. The van der Waals surface area contributed by atoms with Gasteiger partial charge in [-0.15, -0.1) is 0 Å². The van der Waals surface area contributed by atoms with Gasteiger partial charge in [0.25, 0.3) is 0 Å². The first-order valence-electron chi connectivity index (χ1n) is 8.44. The summed E-state index contributed by atoms with van der Waals surface area (Å²) in [5.74, 6) is 0.429. The number of benzene rings is 1. The van der Waals surface area contributed by atoms with Gasteiger partial charge in [-0.05, 0) is 25.0 Å². The van der Waals surface area contributed by atoms with E-state index in [-0.39, 0.29) is 5.82 Å². The zero-order chi connectivity index (χ0) is 17.9. The molecule has 0 unspecified atom stereocenters. The maximum absolute atomic E-state index is 13.5. The first kappa shape index (κ1) is 16.2. The summed E-state index contributed by atoms with van der Waals surface area (Å²) in [4.78, 5) is 8.45. The Hall–Kier alpha value is -3.28. The molecule has 0 saturated heterocycles. The standard InChI is InChI=1S/C20H18FN5/c1-14-2-4-15(5-3-14)6-8-23-20-11-18(16-10-17(21)13-22-12-16)25-19-7-9-24-26(19)20/h2-5,7,9-13,23H,6,8H2,1H3. The molecule has 0 bridgehead atoms. The summed E-state index contributed by atoms with van der Waals surface area (Å²) < 4.78 is 15.2. The molecule has 4 aromatic rings. The Morgan fingerprint density at radius 1 is 1.08 bits per heavy atom. The van der Waals surface area contributed by atoms with Crippen LogP contribution in [0.4, 0.5) is 10.2 Å². The Morgan fingerprint density at radius 3 is 2.73 bits per heavy atom. The van der Waals surface area contributed by atoms with E-state index in [1.807, 2.05) is 12.1 Å². The topological polar surface area (TPSA) is 55.1 Å². The Kier molecular flexibility index (Phi) is 4.31. The molecule has 0 spiro atoms. The van der Waals surface area contributed by atoms with Gasteiger partial charge in [0.1, 0.15) is 11.6 Å². The van der Waals surface area contributed by atoms with Crippen LogP contribution in [0.2, 0.25) is 0 Å². The van der Waals surface area contributed by atoms with Crippen molar-refractivity contribution < 1.29 is 4.39 Å². The highest BCUT2D eigenvalue weighted by Crippen LogP contribution is 2.22. The number of hydrogen-bond donors (Lipinski definition) is 1. The predicted octanol–water partition coefficient (Wildman–Crippen LogP) is 3.89. The summed E-state index contributed by atoms with van der Waals surface area (Å²) in [5, 5.41) is 7.72. The molecular weight excluding hydrogens is 329 g/mol. The molecule has 0 aliphatic heterocycles. The highest BCUT2D eigenvalue weighted by Gasteiger charge is 2.09. The van der Waals surface area contributed by atoms with E-state index in [0.717, 1.165) is 18.8 Å². The van der Waals surface area contributed by atoms with Crippen LogP contribution in [0.5, 0.6) is 0 Å². The van der Waals surface area contributed by atoms with Crippen LogP contribution in [0.3, 0.4) is 0 Å². The Labute approximate surface area is 150 Å². The van der Waals surface area contributed by atoms with Crippen molar-refractivity contribution in [3.63, 3.8) is 0 Å². The molecule has 26 heavy (non-hydrogen) atoms. The molecular formula is C20H18FN5. The van der Waals surface area contributed by atoms with Crippen molar-refractivity contribution in [2.75, 3.05) is 11.9 Å². The van der Waals surface area contributed by atoms with Gasteiger partial charge in [-0.1, -0.05) is 29.8 Å². The third-order valence-electron chi connectivity index (χ3n) is 4.20. The molecule has 3 heterocycles. The van der Waals surface area contributed by atoms with Gasteiger partial charge in [0, 0.05) is 30.4 Å². The van der Waals surface area contributed by atoms with Crippen LogP contribution in [-0.2, 0) is 6.42 Å². The monoisotopic (exact) mass is 347 g/mol. The average molecular weight is 347 g/mol. The third-order valence-corrected chi connectivity index (χ3v) is 4.20. The molecule has 130 valence electrons. The van der Waals surface area contributed by atoms with Crippen LogP contribution in [0.1, 0.15) is 11.1 Å². The van der Waals surface area contributed by atoms with E-state index >= 15 is 0 Å². The van der Waals surface area contributed by atoms with Gasteiger partial charge < -0.3 is 5.32 Å². The molecule has 0 fully saturated rings. The van der Waals surface area contributed by atoms with E-state index < -0.39 is 0 Å². The van der Waals surface area contributed by atoms with Gasteiger partial charge in [0.05, 0.1) is 18.1 Å². The lowest BCUT2D eigenvalue weighted by Gasteiger charge is -2.11. The zero-order valence-electron chi connectivity index (χ0n) is 14.4. The number of nitrogens with zero attached hydrogens (tertiary/aromatic N) is 4. The quantitative estimate of drug-likeness (QED) is 0.595. The summed E-state index contributed by atoms with van der Waals surface area (Å²) in [5.41, 5.74) is 4.51. The molecule has 6 heteroatoms. The summed E-state index contributed by atoms with van der Waals surface area (Å²) in [6.07, 6.45) is 5.37.